The predicted octanol–water partition coefficient (Wildman–Crippen LogP) is 1.53. The van der Waals surface area contributed by atoms with Gasteiger partial charge in [0, 0.05) is 0 Å². The Morgan fingerprint density at radius 1 is 1.33 bits per heavy atom. The Morgan fingerprint density at radius 2 is 2.22 bits per heavy atom. The molecule has 6 heteroatoms. The highest BCUT2D eigenvalue weighted by Crippen LogP contribution is 2.28. The number of nitrogens with zero attached hydrogens (tertiary/aromatic N) is 1. The van der Waals surface area contributed by atoms with Crippen LogP contribution in [0.5, 0.6) is 5.75 Å². The number of fused-ring (bicyclic) bond motifs is 1. The zero-order valence-corrected chi connectivity index (χ0v) is 9.54. The second-order valence-corrected chi connectivity index (χ2v) is 3.64. The van der Waals surface area contributed by atoms with Gasteiger partial charge >= 0.3 is 5.63 Å². The molecule has 1 aromatic heterocycles. The minimum atomic E-state index is -0.444. The van der Waals surface area contributed by atoms with E-state index in [1.165, 1.54) is 17.5 Å². The number of ether oxygens (including phenoxy) is 1. The van der Waals surface area contributed by atoms with Crippen LogP contribution in [0.2, 0.25) is 0 Å². The van der Waals surface area contributed by atoms with Crippen LogP contribution in [-0.4, -0.2) is 7.11 Å². The highest BCUT2D eigenvalue weighted by atomic mass is 16.7. The van der Waals surface area contributed by atoms with Crippen molar-refractivity contribution in [3.8, 4) is 5.75 Å². The van der Waals surface area contributed by atoms with E-state index in [9.17, 15) is 4.79 Å². The minimum absolute atomic E-state index is 0.444. The fraction of sp³-hybridized carbons (Fsp3) is 0.0833. The largest absolute Gasteiger partial charge is 0.497 e. The molecule has 1 N–H and O–H groups in total. The first kappa shape index (κ1) is 10.5. The van der Waals surface area contributed by atoms with E-state index in [1.807, 2.05) is 0 Å². The molecule has 0 bridgehead atoms. The maximum atomic E-state index is 11.5. The standard InChI is InChI=1S/C12H10N2O4/c1-16-8-2-3-11-9(6-8)10(7-12(15)18-11)14-13-4-5-17-14/h2-7,13H,1H3. The average Bonchev–Trinajstić information content (AvgIpc) is 2.91. The van der Waals surface area contributed by atoms with Gasteiger partial charge in [-0.1, -0.05) is 0 Å². The fourth-order valence-corrected chi connectivity index (χ4v) is 1.77. The molecule has 0 saturated heterocycles. The van der Waals surface area contributed by atoms with Crippen LogP contribution in [-0.2, 0) is 4.84 Å². The lowest BCUT2D eigenvalue weighted by Gasteiger charge is -2.17. The Bertz CT molecular complexity index is 669. The lowest BCUT2D eigenvalue weighted by molar-refractivity contribution is 0.222. The summed E-state index contributed by atoms with van der Waals surface area (Å²) in [5.74, 6) is 0.671. The topological polar surface area (TPSA) is 63.9 Å². The van der Waals surface area contributed by atoms with Crippen LogP contribution in [0.15, 0.2) is 45.9 Å². The van der Waals surface area contributed by atoms with Gasteiger partial charge in [0.25, 0.3) is 0 Å². The van der Waals surface area contributed by atoms with Crippen molar-refractivity contribution >= 4 is 16.7 Å². The molecule has 1 aliphatic rings. The molecule has 0 saturated carbocycles. The third kappa shape index (κ3) is 1.64. The zero-order valence-electron chi connectivity index (χ0n) is 9.54. The SMILES string of the molecule is COc1ccc2oc(=O)cc(N3NC=CO3)c2c1. The molecule has 6 nitrogen and oxygen atoms in total. The summed E-state index contributed by atoms with van der Waals surface area (Å²) in [6.07, 6.45) is 3.08. The van der Waals surface area contributed by atoms with Gasteiger partial charge in [0.1, 0.15) is 23.3 Å². The number of anilines is 1. The van der Waals surface area contributed by atoms with Gasteiger partial charge in [-0.15, -0.1) is 5.17 Å². The second kappa shape index (κ2) is 3.99. The minimum Gasteiger partial charge on any atom is -0.497 e. The van der Waals surface area contributed by atoms with Crippen LogP contribution in [0.1, 0.15) is 0 Å². The maximum Gasteiger partial charge on any atom is 0.338 e. The summed E-state index contributed by atoms with van der Waals surface area (Å²) in [4.78, 5) is 16.7. The van der Waals surface area contributed by atoms with E-state index < -0.39 is 5.63 Å². The van der Waals surface area contributed by atoms with Gasteiger partial charge in [-0.2, -0.15) is 0 Å². The van der Waals surface area contributed by atoms with Crippen molar-refractivity contribution in [2.75, 3.05) is 12.3 Å². The van der Waals surface area contributed by atoms with Crippen molar-refractivity contribution < 1.29 is 14.0 Å². The predicted molar refractivity (Wildman–Crippen MR) is 64.9 cm³/mol. The van der Waals surface area contributed by atoms with Gasteiger partial charge < -0.3 is 14.0 Å². The molecular weight excluding hydrogens is 236 g/mol. The van der Waals surface area contributed by atoms with E-state index >= 15 is 0 Å². The van der Waals surface area contributed by atoms with E-state index in [4.69, 9.17) is 14.0 Å². The molecule has 92 valence electrons. The molecule has 1 aromatic carbocycles. The first-order valence-electron chi connectivity index (χ1n) is 5.28. The van der Waals surface area contributed by atoms with Gasteiger partial charge in [0.2, 0.25) is 0 Å². The first-order valence-corrected chi connectivity index (χ1v) is 5.28. The molecule has 1 aliphatic heterocycles. The molecule has 2 aromatic rings. The monoisotopic (exact) mass is 246 g/mol. The van der Waals surface area contributed by atoms with Crippen molar-refractivity contribution in [1.29, 1.82) is 0 Å². The second-order valence-electron chi connectivity index (χ2n) is 3.64. The number of benzene rings is 1. The van der Waals surface area contributed by atoms with Gasteiger partial charge in [-0.25, -0.2) is 4.79 Å². The molecule has 0 spiro atoms. The molecule has 0 aliphatic carbocycles. The lowest BCUT2D eigenvalue weighted by Crippen LogP contribution is -2.28. The number of hydrogen-bond donors (Lipinski definition) is 1. The fourth-order valence-electron chi connectivity index (χ4n) is 1.77. The van der Waals surface area contributed by atoms with Crippen molar-refractivity contribution in [1.82, 2.24) is 5.43 Å². The van der Waals surface area contributed by atoms with E-state index in [0.29, 0.717) is 22.4 Å². The molecule has 2 heterocycles. The summed E-state index contributed by atoms with van der Waals surface area (Å²) in [5, 5.41) is 2.09. The summed E-state index contributed by atoms with van der Waals surface area (Å²) in [7, 11) is 1.58. The molecule has 3 rings (SSSR count). The Hall–Kier alpha value is -2.63. The van der Waals surface area contributed by atoms with Crippen molar-refractivity contribution in [3.05, 3.63) is 47.1 Å². The molecule has 18 heavy (non-hydrogen) atoms. The van der Waals surface area contributed by atoms with Crippen LogP contribution in [0, 0.1) is 0 Å². The first-order chi connectivity index (χ1) is 8.78. The van der Waals surface area contributed by atoms with Gasteiger partial charge in [-0.05, 0) is 18.2 Å². The summed E-state index contributed by atoms with van der Waals surface area (Å²) in [5.41, 5.74) is 3.42. The highest BCUT2D eigenvalue weighted by Gasteiger charge is 2.16. The smallest absolute Gasteiger partial charge is 0.338 e. The van der Waals surface area contributed by atoms with E-state index in [-0.39, 0.29) is 0 Å². The summed E-state index contributed by atoms with van der Waals surface area (Å²) in [6, 6.07) is 6.53. The van der Waals surface area contributed by atoms with Crippen molar-refractivity contribution in [3.63, 3.8) is 0 Å². The molecule has 0 unspecified atom stereocenters. The maximum absolute atomic E-state index is 11.5. The van der Waals surface area contributed by atoms with Crippen LogP contribution in [0.3, 0.4) is 0 Å². The van der Waals surface area contributed by atoms with Gasteiger partial charge in [0.05, 0.1) is 24.8 Å². The van der Waals surface area contributed by atoms with Gasteiger partial charge in [0.15, 0.2) is 0 Å². The van der Waals surface area contributed by atoms with Crippen LogP contribution in [0.4, 0.5) is 5.69 Å². The Labute approximate surface area is 102 Å². The Morgan fingerprint density at radius 3 is 2.94 bits per heavy atom. The van der Waals surface area contributed by atoms with E-state index in [1.54, 1.807) is 31.5 Å². The average molecular weight is 246 g/mol. The normalized spacial score (nSPS) is 13.5. The molecule has 0 amide bonds. The van der Waals surface area contributed by atoms with Crippen molar-refractivity contribution in [2.45, 2.75) is 0 Å². The molecule has 0 fully saturated rings. The third-order valence-electron chi connectivity index (χ3n) is 2.57. The lowest BCUT2D eigenvalue weighted by atomic mass is 10.2. The Kier molecular flexibility index (Phi) is 2.33. The number of methoxy groups -OCH3 is 1. The number of nitrogens with one attached hydrogen (secondary N) is 1. The number of rotatable bonds is 2. The summed E-state index contributed by atoms with van der Waals surface area (Å²) >= 11 is 0. The van der Waals surface area contributed by atoms with Crippen LogP contribution >= 0.6 is 0 Å². The highest BCUT2D eigenvalue weighted by molar-refractivity contribution is 5.90. The zero-order chi connectivity index (χ0) is 12.5. The van der Waals surface area contributed by atoms with Crippen LogP contribution in [0.25, 0.3) is 11.0 Å². The van der Waals surface area contributed by atoms with Crippen LogP contribution < -0.4 is 21.0 Å². The summed E-state index contributed by atoms with van der Waals surface area (Å²) < 4.78 is 10.3. The van der Waals surface area contributed by atoms with E-state index in [2.05, 4.69) is 5.43 Å². The van der Waals surface area contributed by atoms with E-state index in [0.717, 1.165) is 0 Å². The Balaban J connectivity index is 2.23. The number of hydrazine groups is 1. The van der Waals surface area contributed by atoms with Crippen molar-refractivity contribution in [2.24, 2.45) is 0 Å². The third-order valence-corrected chi connectivity index (χ3v) is 2.57. The molecular formula is C12H10N2O4. The summed E-state index contributed by atoms with van der Waals surface area (Å²) in [6.45, 7) is 0. The molecule has 0 radical (unpaired) electrons. The van der Waals surface area contributed by atoms with Gasteiger partial charge in [-0.3, -0.25) is 5.43 Å². The molecule has 0 atom stereocenters. The number of hydrogen-bond acceptors (Lipinski definition) is 6. The quantitative estimate of drug-likeness (QED) is 0.811.